The van der Waals surface area contributed by atoms with Crippen LogP contribution in [0.15, 0.2) is 48.8 Å². The first kappa shape index (κ1) is 18.4. The highest BCUT2D eigenvalue weighted by Crippen LogP contribution is 2.24. The monoisotopic (exact) mass is 403 g/mol. The number of carbonyl (C=O) groups excluding carboxylic acids is 1. The number of benzene rings is 1. The van der Waals surface area contributed by atoms with Gasteiger partial charge in [-0.15, -0.1) is 5.10 Å². The van der Waals surface area contributed by atoms with E-state index in [0.29, 0.717) is 31.8 Å². The number of carbonyl (C=O) groups is 1. The molecule has 4 heterocycles. The van der Waals surface area contributed by atoms with Crippen molar-refractivity contribution in [2.75, 3.05) is 37.7 Å². The number of fused-ring (bicyclic) bond motifs is 3. The van der Waals surface area contributed by atoms with Gasteiger partial charge >= 0.3 is 0 Å². The Kier molecular flexibility index (Phi) is 4.94. The van der Waals surface area contributed by atoms with Gasteiger partial charge in [0.05, 0.1) is 24.2 Å². The summed E-state index contributed by atoms with van der Waals surface area (Å²) < 4.78 is 7.18. The Morgan fingerprint density at radius 3 is 2.70 bits per heavy atom. The molecule has 0 aliphatic carbocycles. The molecule has 0 bridgehead atoms. The van der Waals surface area contributed by atoms with E-state index in [1.807, 2.05) is 36.4 Å². The molecule has 1 aromatic carbocycles. The number of aromatic nitrogens is 5. The summed E-state index contributed by atoms with van der Waals surface area (Å²) in [5, 5.41) is 7.41. The van der Waals surface area contributed by atoms with Gasteiger partial charge < -0.3 is 15.0 Å². The molecule has 0 radical (unpaired) electrons. The smallest absolute Gasteiger partial charge is 0.291 e. The first-order chi connectivity index (χ1) is 14.8. The average Bonchev–Trinajstić information content (AvgIpc) is 3.26. The fourth-order valence-electron chi connectivity index (χ4n) is 3.56. The minimum atomic E-state index is -0.301. The molecule has 3 aromatic heterocycles. The minimum absolute atomic E-state index is 0.136. The topological polar surface area (TPSA) is 97.5 Å². The van der Waals surface area contributed by atoms with E-state index in [4.69, 9.17) is 9.72 Å². The fourth-order valence-corrected chi connectivity index (χ4v) is 3.56. The van der Waals surface area contributed by atoms with E-state index in [1.54, 1.807) is 16.9 Å². The molecule has 9 nitrogen and oxygen atoms in total. The van der Waals surface area contributed by atoms with Gasteiger partial charge in [0.25, 0.3) is 5.91 Å². The lowest BCUT2D eigenvalue weighted by molar-refractivity contribution is 0.0944. The van der Waals surface area contributed by atoms with Gasteiger partial charge in [-0.25, -0.2) is 9.50 Å². The third-order valence-corrected chi connectivity index (χ3v) is 5.11. The number of nitrogens with one attached hydrogen (secondary N) is 1. The van der Waals surface area contributed by atoms with Crippen LogP contribution >= 0.6 is 0 Å². The Balaban J connectivity index is 1.46. The molecule has 5 rings (SSSR count). The molecule has 1 saturated heterocycles. The first-order valence-corrected chi connectivity index (χ1v) is 9.95. The highest BCUT2D eigenvalue weighted by Gasteiger charge is 2.22. The Bertz CT molecular complexity index is 1190. The maximum Gasteiger partial charge on any atom is 0.291 e. The van der Waals surface area contributed by atoms with E-state index in [1.165, 1.54) is 0 Å². The number of anilines is 1. The summed E-state index contributed by atoms with van der Waals surface area (Å²) in [5.41, 5.74) is 3.31. The van der Waals surface area contributed by atoms with Gasteiger partial charge in [-0.05, 0) is 36.2 Å². The van der Waals surface area contributed by atoms with E-state index in [9.17, 15) is 4.79 Å². The molecule has 1 N–H and O–H groups in total. The molecule has 1 aliphatic rings. The van der Waals surface area contributed by atoms with Crippen molar-refractivity contribution in [3.8, 4) is 0 Å². The normalized spacial score (nSPS) is 14.3. The van der Waals surface area contributed by atoms with Crippen LogP contribution < -0.4 is 10.2 Å². The number of amides is 1. The summed E-state index contributed by atoms with van der Waals surface area (Å²) in [6, 6.07) is 11.6. The van der Waals surface area contributed by atoms with Crippen molar-refractivity contribution in [1.82, 2.24) is 29.9 Å². The Morgan fingerprint density at radius 1 is 1.07 bits per heavy atom. The molecular formula is C21H21N7O2. The van der Waals surface area contributed by atoms with Crippen LogP contribution in [0.5, 0.6) is 0 Å². The molecule has 0 atom stereocenters. The number of pyridine rings is 1. The largest absolute Gasteiger partial charge is 0.378 e. The molecular weight excluding hydrogens is 382 g/mol. The summed E-state index contributed by atoms with van der Waals surface area (Å²) in [7, 11) is 0. The molecule has 1 fully saturated rings. The summed E-state index contributed by atoms with van der Waals surface area (Å²) in [4.78, 5) is 28.2. The lowest BCUT2D eigenvalue weighted by Gasteiger charge is -2.27. The molecule has 1 aliphatic heterocycles. The third kappa shape index (κ3) is 3.55. The molecule has 1 amide bonds. The zero-order chi connectivity index (χ0) is 20.3. The van der Waals surface area contributed by atoms with Crippen LogP contribution in [0, 0.1) is 0 Å². The number of hydrogen-bond acceptors (Lipinski definition) is 7. The van der Waals surface area contributed by atoms with Crippen LogP contribution in [0.2, 0.25) is 0 Å². The molecule has 152 valence electrons. The second kappa shape index (κ2) is 8.03. The fraction of sp³-hybridized carbons (Fsp3) is 0.286. The maximum atomic E-state index is 12.7. The number of nitrogens with zero attached hydrogens (tertiary/aromatic N) is 6. The van der Waals surface area contributed by atoms with E-state index in [-0.39, 0.29) is 11.7 Å². The minimum Gasteiger partial charge on any atom is -0.378 e. The second-order valence-corrected chi connectivity index (χ2v) is 7.06. The zero-order valence-electron chi connectivity index (χ0n) is 16.4. The third-order valence-electron chi connectivity index (χ3n) is 5.11. The van der Waals surface area contributed by atoms with E-state index in [2.05, 4.69) is 25.3 Å². The van der Waals surface area contributed by atoms with Crippen molar-refractivity contribution in [1.29, 1.82) is 0 Å². The summed E-state index contributed by atoms with van der Waals surface area (Å²) in [6.07, 6.45) is 4.20. The molecule has 9 heteroatoms. The van der Waals surface area contributed by atoms with Crippen molar-refractivity contribution in [2.24, 2.45) is 0 Å². The van der Waals surface area contributed by atoms with Crippen LogP contribution in [-0.4, -0.2) is 63.3 Å². The molecule has 4 aromatic rings. The van der Waals surface area contributed by atoms with Gasteiger partial charge in [-0.2, -0.15) is 4.98 Å². The molecule has 0 unspecified atom stereocenters. The van der Waals surface area contributed by atoms with Gasteiger partial charge in [-0.3, -0.25) is 9.78 Å². The van der Waals surface area contributed by atoms with Crippen LogP contribution in [0.3, 0.4) is 0 Å². The Labute approximate surface area is 172 Å². The van der Waals surface area contributed by atoms with Crippen molar-refractivity contribution < 1.29 is 9.53 Å². The van der Waals surface area contributed by atoms with E-state index >= 15 is 0 Å². The molecule has 30 heavy (non-hydrogen) atoms. The van der Waals surface area contributed by atoms with Crippen LogP contribution in [0.1, 0.15) is 16.2 Å². The molecule has 0 saturated carbocycles. The van der Waals surface area contributed by atoms with Crippen LogP contribution in [0.25, 0.3) is 16.7 Å². The standard InChI is InChI=1S/C21H21N7O2/c29-21(23-10-7-15-5-8-22-9-6-15)18-25-20-19(27-11-13-30-14-12-27)24-16-3-1-2-4-17(16)28(20)26-18/h1-6,8-9H,7,10-14H2,(H,23,29). The van der Waals surface area contributed by atoms with Gasteiger partial charge in [-0.1, -0.05) is 12.1 Å². The van der Waals surface area contributed by atoms with Gasteiger partial charge in [0.15, 0.2) is 11.5 Å². The SMILES string of the molecule is O=C(NCCc1ccncc1)c1nc2c(N3CCOCC3)nc3ccccc3n2n1. The summed E-state index contributed by atoms with van der Waals surface area (Å²) >= 11 is 0. The van der Waals surface area contributed by atoms with E-state index < -0.39 is 0 Å². The number of ether oxygens (including phenoxy) is 1. The Morgan fingerprint density at radius 2 is 1.87 bits per heavy atom. The lowest BCUT2D eigenvalue weighted by atomic mass is 10.2. The zero-order valence-corrected chi connectivity index (χ0v) is 16.4. The predicted octanol–water partition coefficient (Wildman–Crippen LogP) is 1.48. The van der Waals surface area contributed by atoms with Crippen molar-refractivity contribution in [3.63, 3.8) is 0 Å². The lowest BCUT2D eigenvalue weighted by Crippen LogP contribution is -2.37. The maximum absolute atomic E-state index is 12.7. The number of morpholine rings is 1. The van der Waals surface area contributed by atoms with Crippen LogP contribution in [0.4, 0.5) is 5.82 Å². The van der Waals surface area contributed by atoms with Crippen LogP contribution in [-0.2, 0) is 11.2 Å². The highest BCUT2D eigenvalue weighted by molar-refractivity contribution is 5.92. The quantitative estimate of drug-likeness (QED) is 0.539. The predicted molar refractivity (Wildman–Crippen MR) is 112 cm³/mol. The van der Waals surface area contributed by atoms with Gasteiger partial charge in [0.1, 0.15) is 0 Å². The number of hydrogen-bond donors (Lipinski definition) is 1. The Hall–Kier alpha value is -3.59. The summed E-state index contributed by atoms with van der Waals surface area (Å²) in [6.45, 7) is 3.21. The second-order valence-electron chi connectivity index (χ2n) is 7.06. The van der Waals surface area contributed by atoms with Gasteiger partial charge in [0, 0.05) is 32.0 Å². The number of para-hydroxylation sites is 2. The molecule has 0 spiro atoms. The van der Waals surface area contributed by atoms with Crippen molar-refractivity contribution in [2.45, 2.75) is 6.42 Å². The number of rotatable bonds is 5. The summed E-state index contributed by atoms with van der Waals surface area (Å²) in [5.74, 6) is 0.558. The van der Waals surface area contributed by atoms with E-state index in [0.717, 1.165) is 35.5 Å². The van der Waals surface area contributed by atoms with Gasteiger partial charge in [0.2, 0.25) is 5.82 Å². The first-order valence-electron chi connectivity index (χ1n) is 9.95. The average molecular weight is 403 g/mol. The highest BCUT2D eigenvalue weighted by atomic mass is 16.5. The van der Waals surface area contributed by atoms with Crippen molar-refractivity contribution in [3.05, 3.63) is 60.2 Å². The van der Waals surface area contributed by atoms with Crippen molar-refractivity contribution >= 4 is 28.4 Å².